The monoisotopic (exact) mass is 236 g/mol. The van der Waals surface area contributed by atoms with Crippen LogP contribution < -0.4 is 10.6 Å². The highest BCUT2D eigenvalue weighted by Crippen LogP contribution is 2.03. The molecule has 0 atom stereocenters. The molecule has 1 amide bonds. The van der Waals surface area contributed by atoms with Crippen LogP contribution in [-0.4, -0.2) is 30.7 Å². The van der Waals surface area contributed by atoms with E-state index in [1.165, 1.54) is 0 Å². The second-order valence-electron chi connectivity index (χ2n) is 3.85. The lowest BCUT2D eigenvalue weighted by Crippen LogP contribution is -2.30. The molecular formula is C13H20N2O2. The summed E-state index contributed by atoms with van der Waals surface area (Å²) in [4.78, 5) is 11.4. The topological polar surface area (TPSA) is 61.4 Å². The summed E-state index contributed by atoms with van der Waals surface area (Å²) in [7, 11) is 0. The molecule has 4 heteroatoms. The fraction of sp³-hybridized carbons (Fsp3) is 0.462. The molecule has 3 N–H and O–H groups in total. The van der Waals surface area contributed by atoms with Gasteiger partial charge in [-0.3, -0.25) is 4.79 Å². The van der Waals surface area contributed by atoms with Gasteiger partial charge in [0, 0.05) is 18.8 Å². The van der Waals surface area contributed by atoms with Crippen molar-refractivity contribution in [2.45, 2.75) is 19.3 Å². The van der Waals surface area contributed by atoms with Crippen LogP contribution in [-0.2, 0) is 4.79 Å². The molecule has 0 saturated carbocycles. The zero-order valence-electron chi connectivity index (χ0n) is 9.98. The van der Waals surface area contributed by atoms with E-state index in [1.54, 1.807) is 0 Å². The first kappa shape index (κ1) is 13.5. The van der Waals surface area contributed by atoms with E-state index < -0.39 is 0 Å². The van der Waals surface area contributed by atoms with Gasteiger partial charge in [-0.1, -0.05) is 18.2 Å². The van der Waals surface area contributed by atoms with Crippen molar-refractivity contribution in [2.75, 3.05) is 25.0 Å². The molecule has 94 valence electrons. The van der Waals surface area contributed by atoms with Gasteiger partial charge in [0.15, 0.2) is 0 Å². The molecule has 0 aliphatic rings. The first-order chi connectivity index (χ1) is 8.33. The minimum atomic E-state index is -0.00199. The molecule has 0 spiro atoms. The quantitative estimate of drug-likeness (QED) is 0.598. The average Bonchev–Trinajstić information content (AvgIpc) is 2.37. The number of benzene rings is 1. The summed E-state index contributed by atoms with van der Waals surface area (Å²) in [5, 5.41) is 14.5. The van der Waals surface area contributed by atoms with E-state index in [9.17, 15) is 4.79 Å². The van der Waals surface area contributed by atoms with Gasteiger partial charge >= 0.3 is 0 Å². The van der Waals surface area contributed by atoms with Crippen LogP contribution in [0.4, 0.5) is 5.69 Å². The van der Waals surface area contributed by atoms with Crippen LogP contribution >= 0.6 is 0 Å². The summed E-state index contributed by atoms with van der Waals surface area (Å²) >= 11 is 0. The van der Waals surface area contributed by atoms with E-state index in [-0.39, 0.29) is 12.5 Å². The van der Waals surface area contributed by atoms with Gasteiger partial charge in [-0.2, -0.15) is 0 Å². The minimum Gasteiger partial charge on any atom is -0.396 e. The number of hydrogen-bond acceptors (Lipinski definition) is 3. The van der Waals surface area contributed by atoms with Crippen molar-refractivity contribution in [2.24, 2.45) is 0 Å². The fourth-order valence-corrected chi connectivity index (χ4v) is 1.44. The Bertz CT molecular complexity index is 314. The van der Waals surface area contributed by atoms with Crippen molar-refractivity contribution in [1.82, 2.24) is 5.32 Å². The summed E-state index contributed by atoms with van der Waals surface area (Å²) in [5.41, 5.74) is 0.947. The van der Waals surface area contributed by atoms with E-state index in [0.717, 1.165) is 24.9 Å². The Kier molecular flexibility index (Phi) is 6.82. The number of hydrogen-bond donors (Lipinski definition) is 3. The Labute approximate surface area is 102 Å². The van der Waals surface area contributed by atoms with Gasteiger partial charge < -0.3 is 15.7 Å². The molecular weight excluding hydrogens is 216 g/mol. The van der Waals surface area contributed by atoms with Gasteiger partial charge in [-0.25, -0.2) is 0 Å². The third-order valence-corrected chi connectivity index (χ3v) is 2.38. The zero-order chi connectivity index (χ0) is 12.3. The van der Waals surface area contributed by atoms with E-state index in [4.69, 9.17) is 5.11 Å². The van der Waals surface area contributed by atoms with Crippen molar-refractivity contribution in [3.05, 3.63) is 30.3 Å². The number of carbonyl (C=O) groups excluding carboxylic acids is 1. The molecule has 1 aromatic rings. The standard InChI is InChI=1S/C13H20N2O2/c16-10-6-2-5-9-14-13(17)11-15-12-7-3-1-4-8-12/h1,3-4,7-8,15-16H,2,5-6,9-11H2,(H,14,17). The summed E-state index contributed by atoms with van der Waals surface area (Å²) in [6, 6.07) is 9.64. The van der Waals surface area contributed by atoms with Gasteiger partial charge in [-0.15, -0.1) is 0 Å². The van der Waals surface area contributed by atoms with Gasteiger partial charge in [0.1, 0.15) is 0 Å². The molecule has 0 fully saturated rings. The van der Waals surface area contributed by atoms with Gasteiger partial charge in [-0.05, 0) is 31.4 Å². The third kappa shape index (κ3) is 6.58. The van der Waals surface area contributed by atoms with Crippen LogP contribution in [0.1, 0.15) is 19.3 Å². The van der Waals surface area contributed by atoms with Crippen molar-refractivity contribution in [3.8, 4) is 0 Å². The van der Waals surface area contributed by atoms with Crippen LogP contribution in [0, 0.1) is 0 Å². The minimum absolute atomic E-state index is 0.00199. The van der Waals surface area contributed by atoms with Crippen molar-refractivity contribution in [1.29, 1.82) is 0 Å². The lowest BCUT2D eigenvalue weighted by Gasteiger charge is -2.07. The van der Waals surface area contributed by atoms with Crippen LogP contribution in [0.25, 0.3) is 0 Å². The maximum absolute atomic E-state index is 11.4. The van der Waals surface area contributed by atoms with E-state index in [0.29, 0.717) is 13.1 Å². The van der Waals surface area contributed by atoms with Gasteiger partial charge in [0.05, 0.1) is 6.54 Å². The molecule has 0 heterocycles. The number of para-hydroxylation sites is 1. The Hall–Kier alpha value is -1.55. The van der Waals surface area contributed by atoms with E-state index >= 15 is 0 Å². The summed E-state index contributed by atoms with van der Waals surface area (Å²) < 4.78 is 0. The highest BCUT2D eigenvalue weighted by Gasteiger charge is 1.99. The van der Waals surface area contributed by atoms with Crippen molar-refractivity contribution < 1.29 is 9.90 Å². The first-order valence-electron chi connectivity index (χ1n) is 5.99. The number of unbranched alkanes of at least 4 members (excludes halogenated alkanes) is 2. The van der Waals surface area contributed by atoms with Gasteiger partial charge in [0.2, 0.25) is 5.91 Å². The maximum Gasteiger partial charge on any atom is 0.239 e. The predicted molar refractivity (Wildman–Crippen MR) is 68.9 cm³/mol. The molecule has 1 rings (SSSR count). The lowest BCUT2D eigenvalue weighted by atomic mass is 10.2. The lowest BCUT2D eigenvalue weighted by molar-refractivity contribution is -0.119. The normalized spacial score (nSPS) is 9.94. The van der Waals surface area contributed by atoms with Crippen molar-refractivity contribution >= 4 is 11.6 Å². The number of nitrogens with one attached hydrogen (secondary N) is 2. The SMILES string of the molecule is O=C(CNc1ccccc1)NCCCCCO. The second-order valence-corrected chi connectivity index (χ2v) is 3.85. The number of aliphatic hydroxyl groups excluding tert-OH is 1. The molecule has 17 heavy (non-hydrogen) atoms. The molecule has 0 bridgehead atoms. The summed E-state index contributed by atoms with van der Waals surface area (Å²) in [6.45, 7) is 1.20. The predicted octanol–water partition coefficient (Wildman–Crippen LogP) is 1.38. The zero-order valence-corrected chi connectivity index (χ0v) is 9.98. The molecule has 0 radical (unpaired) electrons. The average molecular weight is 236 g/mol. The number of carbonyl (C=O) groups is 1. The van der Waals surface area contributed by atoms with E-state index in [2.05, 4.69) is 10.6 Å². The highest BCUT2D eigenvalue weighted by molar-refractivity contribution is 5.80. The molecule has 1 aromatic carbocycles. The van der Waals surface area contributed by atoms with Crippen LogP contribution in [0.5, 0.6) is 0 Å². The molecule has 0 aliphatic carbocycles. The third-order valence-electron chi connectivity index (χ3n) is 2.38. The molecule has 0 aromatic heterocycles. The Morgan fingerprint density at radius 2 is 1.88 bits per heavy atom. The molecule has 0 aliphatic heterocycles. The van der Waals surface area contributed by atoms with E-state index in [1.807, 2.05) is 30.3 Å². The second kappa shape index (κ2) is 8.58. The molecule has 4 nitrogen and oxygen atoms in total. The fourth-order valence-electron chi connectivity index (χ4n) is 1.44. The highest BCUT2D eigenvalue weighted by atomic mass is 16.2. The van der Waals surface area contributed by atoms with Crippen molar-refractivity contribution in [3.63, 3.8) is 0 Å². The number of aliphatic hydroxyl groups is 1. The smallest absolute Gasteiger partial charge is 0.239 e. The maximum atomic E-state index is 11.4. The number of amides is 1. The number of anilines is 1. The number of rotatable bonds is 8. The van der Waals surface area contributed by atoms with Crippen LogP contribution in [0.3, 0.4) is 0 Å². The van der Waals surface area contributed by atoms with Gasteiger partial charge in [0.25, 0.3) is 0 Å². The van der Waals surface area contributed by atoms with Crippen LogP contribution in [0.15, 0.2) is 30.3 Å². The Morgan fingerprint density at radius 3 is 2.59 bits per heavy atom. The molecule has 0 saturated heterocycles. The Morgan fingerprint density at radius 1 is 1.12 bits per heavy atom. The van der Waals surface area contributed by atoms with Crippen LogP contribution in [0.2, 0.25) is 0 Å². The summed E-state index contributed by atoms with van der Waals surface area (Å²) in [6.07, 6.45) is 2.67. The largest absolute Gasteiger partial charge is 0.396 e. The first-order valence-corrected chi connectivity index (χ1v) is 5.99. The molecule has 0 unspecified atom stereocenters. The summed E-state index contributed by atoms with van der Waals surface area (Å²) in [5.74, 6) is -0.00199. The Balaban J connectivity index is 2.05.